The third-order valence-corrected chi connectivity index (χ3v) is 5.44. The first kappa shape index (κ1) is 17.5. The van der Waals surface area contributed by atoms with E-state index in [1.165, 1.54) is 11.1 Å². The molecule has 1 aliphatic heterocycles. The molecule has 0 radical (unpaired) electrons. The average Bonchev–Trinajstić information content (AvgIpc) is 3.41. The SMILES string of the molecule is CN1C(=O)[C@@H](NC(=O)c2ncc(CC3=CC=[C+]C=C3)o2)[C@H]2C[C@H]2c2nccnc21. The Morgan fingerprint density at radius 3 is 3.03 bits per heavy atom. The van der Waals surface area contributed by atoms with Crippen LogP contribution in [0.15, 0.2) is 52.9 Å². The number of rotatable bonds is 4. The monoisotopic (exact) mass is 388 g/mol. The molecular weight excluding hydrogens is 370 g/mol. The lowest BCUT2D eigenvalue weighted by molar-refractivity contribution is -0.120. The van der Waals surface area contributed by atoms with Crippen LogP contribution in [-0.2, 0) is 11.2 Å². The van der Waals surface area contributed by atoms with Gasteiger partial charge in [-0.05, 0) is 12.3 Å². The number of hydrogen-bond donors (Lipinski definition) is 1. The predicted octanol–water partition coefficient (Wildman–Crippen LogP) is 1.74. The lowest BCUT2D eigenvalue weighted by Gasteiger charge is -2.22. The van der Waals surface area contributed by atoms with Crippen LogP contribution in [-0.4, -0.2) is 39.9 Å². The molecule has 2 aromatic rings. The number of carbonyl (C=O) groups is 2. The number of carbonyl (C=O) groups excluding carboxylic acids is 2. The molecule has 2 amide bonds. The summed E-state index contributed by atoms with van der Waals surface area (Å²) >= 11 is 0. The van der Waals surface area contributed by atoms with E-state index in [0.717, 1.165) is 17.7 Å². The maximum absolute atomic E-state index is 12.9. The minimum atomic E-state index is -0.659. The molecule has 0 spiro atoms. The minimum absolute atomic E-state index is 0.00171. The highest BCUT2D eigenvalue weighted by Crippen LogP contribution is 2.53. The van der Waals surface area contributed by atoms with Crippen molar-refractivity contribution in [2.75, 3.05) is 11.9 Å². The Morgan fingerprint density at radius 1 is 1.34 bits per heavy atom. The zero-order valence-corrected chi connectivity index (χ0v) is 15.7. The van der Waals surface area contributed by atoms with Gasteiger partial charge >= 0.3 is 5.91 Å². The molecule has 1 saturated carbocycles. The number of amides is 2. The van der Waals surface area contributed by atoms with Crippen molar-refractivity contribution in [2.45, 2.75) is 24.8 Å². The fraction of sp³-hybridized carbons (Fsp3) is 0.286. The van der Waals surface area contributed by atoms with E-state index in [1.807, 2.05) is 24.3 Å². The number of nitrogens with zero attached hydrogens (tertiary/aromatic N) is 4. The summed E-state index contributed by atoms with van der Waals surface area (Å²) in [5.41, 5.74) is 1.84. The van der Waals surface area contributed by atoms with Gasteiger partial charge in [-0.3, -0.25) is 19.5 Å². The summed E-state index contributed by atoms with van der Waals surface area (Å²) in [6, 6.07) is -0.659. The number of nitrogens with one attached hydrogen (secondary N) is 1. The first-order valence-electron chi connectivity index (χ1n) is 9.41. The second-order valence-electron chi connectivity index (χ2n) is 7.34. The summed E-state index contributed by atoms with van der Waals surface area (Å²) in [4.78, 5) is 39.9. The van der Waals surface area contributed by atoms with Gasteiger partial charge in [0, 0.05) is 31.4 Å². The molecule has 1 N–H and O–H groups in total. The van der Waals surface area contributed by atoms with Gasteiger partial charge in [0.1, 0.15) is 24.0 Å². The topological polar surface area (TPSA) is 101 Å². The van der Waals surface area contributed by atoms with Crippen LogP contribution in [0.2, 0.25) is 0 Å². The maximum atomic E-state index is 12.9. The highest BCUT2D eigenvalue weighted by Gasteiger charge is 2.53. The molecule has 8 nitrogen and oxygen atoms in total. The fourth-order valence-electron chi connectivity index (χ4n) is 3.86. The van der Waals surface area contributed by atoms with Gasteiger partial charge in [-0.2, -0.15) is 0 Å². The van der Waals surface area contributed by atoms with E-state index in [0.29, 0.717) is 18.0 Å². The molecule has 144 valence electrons. The molecule has 2 aliphatic carbocycles. The summed E-state index contributed by atoms with van der Waals surface area (Å²) in [6.45, 7) is 0. The summed E-state index contributed by atoms with van der Waals surface area (Å²) in [5, 5.41) is 2.81. The molecule has 3 aliphatic rings. The summed E-state index contributed by atoms with van der Waals surface area (Å²) in [5.74, 6) is 0.498. The Morgan fingerprint density at radius 2 is 2.21 bits per heavy atom. The van der Waals surface area contributed by atoms with E-state index >= 15 is 0 Å². The van der Waals surface area contributed by atoms with Crippen LogP contribution in [0.1, 0.15) is 34.5 Å². The highest BCUT2D eigenvalue weighted by atomic mass is 16.4. The van der Waals surface area contributed by atoms with Crippen molar-refractivity contribution in [1.82, 2.24) is 20.3 Å². The van der Waals surface area contributed by atoms with E-state index in [2.05, 4.69) is 26.3 Å². The molecular formula is C21H18N5O3+. The molecule has 0 bridgehead atoms. The van der Waals surface area contributed by atoms with Gasteiger partial charge in [-0.15, -0.1) is 0 Å². The van der Waals surface area contributed by atoms with Crippen molar-refractivity contribution in [3.05, 3.63) is 71.9 Å². The highest BCUT2D eigenvalue weighted by molar-refractivity contribution is 6.02. The number of anilines is 1. The third-order valence-electron chi connectivity index (χ3n) is 5.44. The Bertz CT molecular complexity index is 1080. The predicted molar refractivity (Wildman–Crippen MR) is 103 cm³/mol. The Labute approximate surface area is 167 Å². The van der Waals surface area contributed by atoms with Crippen LogP contribution in [0, 0.1) is 12.0 Å². The first-order valence-corrected chi connectivity index (χ1v) is 9.41. The van der Waals surface area contributed by atoms with Gasteiger partial charge in [-0.1, -0.05) is 0 Å². The van der Waals surface area contributed by atoms with Gasteiger partial charge in [0.05, 0.1) is 36.0 Å². The number of likely N-dealkylation sites (N-methyl/N-ethyl adjacent to an activating group) is 1. The lowest BCUT2D eigenvalue weighted by atomic mass is 10.1. The zero-order chi connectivity index (χ0) is 20.0. The fourth-order valence-corrected chi connectivity index (χ4v) is 3.86. The van der Waals surface area contributed by atoms with Gasteiger partial charge < -0.3 is 9.73 Å². The molecule has 0 unspecified atom stereocenters. The summed E-state index contributed by atoms with van der Waals surface area (Å²) in [6.07, 6.45) is 16.5. The Hall–Kier alpha value is -3.64. The number of hydrogen-bond acceptors (Lipinski definition) is 6. The largest absolute Gasteiger partial charge is 0.437 e. The lowest BCUT2D eigenvalue weighted by Crippen LogP contribution is -2.48. The van der Waals surface area contributed by atoms with Crippen LogP contribution in [0.5, 0.6) is 0 Å². The van der Waals surface area contributed by atoms with Crippen LogP contribution in [0.3, 0.4) is 0 Å². The van der Waals surface area contributed by atoms with Crippen molar-refractivity contribution in [3.8, 4) is 0 Å². The molecule has 3 atom stereocenters. The average molecular weight is 388 g/mol. The van der Waals surface area contributed by atoms with Gasteiger partial charge in [-0.25, -0.2) is 9.97 Å². The summed E-state index contributed by atoms with van der Waals surface area (Å²) < 4.78 is 5.61. The van der Waals surface area contributed by atoms with Crippen molar-refractivity contribution in [1.29, 1.82) is 0 Å². The molecule has 29 heavy (non-hydrogen) atoms. The van der Waals surface area contributed by atoms with E-state index < -0.39 is 11.9 Å². The van der Waals surface area contributed by atoms with E-state index in [1.54, 1.807) is 19.4 Å². The molecule has 2 aromatic heterocycles. The summed E-state index contributed by atoms with van der Waals surface area (Å²) in [7, 11) is 1.65. The Kier molecular flexibility index (Phi) is 4.07. The van der Waals surface area contributed by atoms with Crippen LogP contribution in [0.4, 0.5) is 5.82 Å². The Balaban J connectivity index is 1.32. The van der Waals surface area contributed by atoms with Crippen LogP contribution >= 0.6 is 0 Å². The zero-order valence-electron chi connectivity index (χ0n) is 15.7. The number of fused-ring (bicyclic) bond motifs is 3. The number of allylic oxidation sites excluding steroid dienone is 6. The van der Waals surface area contributed by atoms with Crippen LogP contribution < -0.4 is 10.2 Å². The smallest absolute Gasteiger partial charge is 0.307 e. The molecule has 0 saturated heterocycles. The first-order chi connectivity index (χ1) is 14.1. The second-order valence-corrected chi connectivity index (χ2v) is 7.34. The van der Waals surface area contributed by atoms with Crippen LogP contribution in [0.25, 0.3) is 0 Å². The van der Waals surface area contributed by atoms with E-state index in [9.17, 15) is 9.59 Å². The maximum Gasteiger partial charge on any atom is 0.307 e. The molecule has 3 heterocycles. The quantitative estimate of drug-likeness (QED) is 0.801. The van der Waals surface area contributed by atoms with Crippen molar-refractivity contribution >= 4 is 17.6 Å². The molecule has 0 aromatic carbocycles. The second kappa shape index (κ2) is 6.76. The number of oxazole rings is 1. The van der Waals surface area contributed by atoms with Crippen molar-refractivity contribution in [3.63, 3.8) is 0 Å². The molecule has 1 fully saturated rings. The van der Waals surface area contributed by atoms with Gasteiger partial charge in [0.25, 0.3) is 11.8 Å². The third kappa shape index (κ3) is 3.13. The van der Waals surface area contributed by atoms with E-state index in [4.69, 9.17) is 4.42 Å². The minimum Gasteiger partial charge on any atom is -0.437 e. The molecule has 8 heteroatoms. The molecule has 5 rings (SSSR count). The van der Waals surface area contributed by atoms with Gasteiger partial charge in [0.2, 0.25) is 0 Å². The number of aromatic nitrogens is 3. The van der Waals surface area contributed by atoms with Crippen molar-refractivity contribution in [2.24, 2.45) is 5.92 Å². The normalized spacial score (nSPS) is 24.2. The standard InChI is InChI=1S/C21H17N5O3/c1-26-18-16(22-7-8-23-18)14-10-15(14)17(21(26)28)25-19(27)20-24-11-13(29-20)9-12-5-3-2-4-6-12/h3-8,11,14-15,17H,9-10H2,1H3/p+1/t14-,15+,17+/m1/s1. The van der Waals surface area contributed by atoms with E-state index in [-0.39, 0.29) is 23.6 Å². The van der Waals surface area contributed by atoms with Crippen molar-refractivity contribution < 1.29 is 14.0 Å². The van der Waals surface area contributed by atoms with Gasteiger partial charge in [0.15, 0.2) is 5.82 Å².